The van der Waals surface area contributed by atoms with Crippen LogP contribution < -0.4 is 4.90 Å². The maximum absolute atomic E-state index is 12.4. The highest BCUT2D eigenvalue weighted by molar-refractivity contribution is 7.07. The Balaban J connectivity index is 1.55. The number of amides is 1. The van der Waals surface area contributed by atoms with Crippen molar-refractivity contribution in [3.8, 4) is 0 Å². The van der Waals surface area contributed by atoms with Crippen molar-refractivity contribution in [2.45, 2.75) is 39.5 Å². The molecular formula is C19H26N4OS. The Morgan fingerprint density at radius 1 is 1.24 bits per heavy atom. The van der Waals surface area contributed by atoms with Crippen LogP contribution in [0.3, 0.4) is 0 Å². The minimum absolute atomic E-state index is 0.257. The van der Waals surface area contributed by atoms with Crippen LogP contribution in [0, 0.1) is 6.92 Å². The van der Waals surface area contributed by atoms with Gasteiger partial charge in [-0.25, -0.2) is 9.97 Å². The van der Waals surface area contributed by atoms with Crippen LogP contribution in [0.1, 0.15) is 43.3 Å². The Morgan fingerprint density at radius 2 is 2.00 bits per heavy atom. The molecule has 0 saturated carbocycles. The number of hydrogen-bond acceptors (Lipinski definition) is 5. The molecule has 3 rings (SSSR count). The number of rotatable bonds is 5. The van der Waals surface area contributed by atoms with Gasteiger partial charge in [0.25, 0.3) is 0 Å². The number of carbonyl (C=O) groups excluding carboxylic acids is 1. The summed E-state index contributed by atoms with van der Waals surface area (Å²) in [7, 11) is 0. The number of hydrogen-bond donors (Lipinski definition) is 0. The fourth-order valence-electron chi connectivity index (χ4n) is 3.02. The van der Waals surface area contributed by atoms with Crippen molar-refractivity contribution in [3.63, 3.8) is 0 Å². The van der Waals surface area contributed by atoms with Gasteiger partial charge in [0, 0.05) is 50.3 Å². The standard InChI is InChI=1S/C19H26N4OS/c1-14(2)19-20-15(3)12-17(21-19)22-7-9-23(10-8-22)18(24)5-4-16-6-11-25-13-16/h6,11-14H,4-5,7-10H2,1-3H3. The molecule has 2 aromatic heterocycles. The molecule has 0 N–H and O–H groups in total. The number of aromatic nitrogens is 2. The van der Waals surface area contributed by atoms with E-state index in [1.807, 2.05) is 17.9 Å². The lowest BCUT2D eigenvalue weighted by molar-refractivity contribution is -0.131. The molecule has 1 fully saturated rings. The normalized spacial score (nSPS) is 15.0. The van der Waals surface area contributed by atoms with Crippen LogP contribution >= 0.6 is 11.3 Å². The summed E-state index contributed by atoms with van der Waals surface area (Å²) in [6, 6.07) is 4.14. The highest BCUT2D eigenvalue weighted by atomic mass is 32.1. The summed E-state index contributed by atoms with van der Waals surface area (Å²) in [6.45, 7) is 9.44. The second-order valence-electron chi connectivity index (χ2n) is 6.88. The van der Waals surface area contributed by atoms with Crippen LogP contribution in [0.2, 0.25) is 0 Å². The third kappa shape index (κ3) is 4.57. The van der Waals surface area contributed by atoms with Gasteiger partial charge in [0.2, 0.25) is 5.91 Å². The zero-order valence-corrected chi connectivity index (χ0v) is 16.1. The average molecular weight is 359 g/mol. The molecule has 134 valence electrons. The lowest BCUT2D eigenvalue weighted by Crippen LogP contribution is -2.49. The van der Waals surface area contributed by atoms with Crippen molar-refractivity contribution in [1.29, 1.82) is 0 Å². The summed E-state index contributed by atoms with van der Waals surface area (Å²) in [4.78, 5) is 25.9. The number of thiophene rings is 1. The largest absolute Gasteiger partial charge is 0.353 e. The van der Waals surface area contributed by atoms with Crippen molar-refractivity contribution in [2.75, 3.05) is 31.1 Å². The number of carbonyl (C=O) groups is 1. The van der Waals surface area contributed by atoms with Gasteiger partial charge in [0.15, 0.2) is 0 Å². The molecule has 0 radical (unpaired) electrons. The molecule has 0 bridgehead atoms. The van der Waals surface area contributed by atoms with Gasteiger partial charge in [-0.2, -0.15) is 11.3 Å². The van der Waals surface area contributed by atoms with E-state index in [0.717, 1.165) is 49.9 Å². The van der Waals surface area contributed by atoms with Gasteiger partial charge in [-0.15, -0.1) is 0 Å². The van der Waals surface area contributed by atoms with Crippen molar-refractivity contribution < 1.29 is 4.79 Å². The van der Waals surface area contributed by atoms with Crippen LogP contribution in [0.15, 0.2) is 22.9 Å². The molecule has 5 nitrogen and oxygen atoms in total. The number of anilines is 1. The van der Waals surface area contributed by atoms with Crippen molar-refractivity contribution in [3.05, 3.63) is 40.0 Å². The predicted octanol–water partition coefficient (Wildman–Crippen LogP) is 3.25. The van der Waals surface area contributed by atoms with Crippen molar-refractivity contribution >= 4 is 23.1 Å². The van der Waals surface area contributed by atoms with Gasteiger partial charge in [-0.05, 0) is 35.7 Å². The summed E-state index contributed by atoms with van der Waals surface area (Å²) in [6.07, 6.45) is 1.44. The Hall–Kier alpha value is -1.95. The lowest BCUT2D eigenvalue weighted by atomic mass is 10.1. The maximum Gasteiger partial charge on any atom is 0.223 e. The van der Waals surface area contributed by atoms with E-state index in [2.05, 4.69) is 40.6 Å². The Morgan fingerprint density at radius 3 is 2.64 bits per heavy atom. The average Bonchev–Trinajstić information content (AvgIpc) is 3.13. The number of aryl methyl sites for hydroxylation is 2. The zero-order valence-electron chi connectivity index (χ0n) is 15.2. The molecule has 6 heteroatoms. The molecule has 1 saturated heterocycles. The van der Waals surface area contributed by atoms with E-state index in [9.17, 15) is 4.79 Å². The highest BCUT2D eigenvalue weighted by Gasteiger charge is 2.22. The first-order chi connectivity index (χ1) is 12.0. The number of nitrogens with zero attached hydrogens (tertiary/aromatic N) is 4. The number of piperazine rings is 1. The maximum atomic E-state index is 12.4. The minimum Gasteiger partial charge on any atom is -0.353 e. The van der Waals surface area contributed by atoms with Crippen LogP contribution in [-0.4, -0.2) is 47.0 Å². The highest BCUT2D eigenvalue weighted by Crippen LogP contribution is 2.19. The van der Waals surface area contributed by atoms with Crippen LogP contribution in [0.25, 0.3) is 0 Å². The van der Waals surface area contributed by atoms with Gasteiger partial charge in [-0.1, -0.05) is 13.8 Å². The second-order valence-corrected chi connectivity index (χ2v) is 7.66. The van der Waals surface area contributed by atoms with Gasteiger partial charge in [0.05, 0.1) is 0 Å². The minimum atomic E-state index is 0.257. The molecule has 0 atom stereocenters. The van der Waals surface area contributed by atoms with E-state index < -0.39 is 0 Å². The van der Waals surface area contributed by atoms with Crippen LogP contribution in [0.5, 0.6) is 0 Å². The molecule has 1 aliphatic rings. The van der Waals surface area contributed by atoms with E-state index in [1.165, 1.54) is 5.56 Å². The Kier molecular flexibility index (Phi) is 5.68. The lowest BCUT2D eigenvalue weighted by Gasteiger charge is -2.35. The fraction of sp³-hybridized carbons (Fsp3) is 0.526. The molecule has 25 heavy (non-hydrogen) atoms. The molecule has 1 aliphatic heterocycles. The summed E-state index contributed by atoms with van der Waals surface area (Å²) in [5, 5.41) is 4.18. The molecule has 0 spiro atoms. The quantitative estimate of drug-likeness (QED) is 0.823. The Bertz CT molecular complexity index is 706. The molecular weight excluding hydrogens is 332 g/mol. The molecule has 3 heterocycles. The predicted molar refractivity (Wildman–Crippen MR) is 102 cm³/mol. The monoisotopic (exact) mass is 358 g/mol. The summed E-state index contributed by atoms with van der Waals surface area (Å²) >= 11 is 1.69. The third-order valence-corrected chi connectivity index (χ3v) is 5.27. The van der Waals surface area contributed by atoms with Crippen molar-refractivity contribution in [1.82, 2.24) is 14.9 Å². The molecule has 0 aromatic carbocycles. The fourth-order valence-corrected chi connectivity index (χ4v) is 3.73. The van der Waals surface area contributed by atoms with E-state index in [0.29, 0.717) is 12.3 Å². The first kappa shape index (κ1) is 17.9. The van der Waals surface area contributed by atoms with Gasteiger partial charge < -0.3 is 9.80 Å². The summed E-state index contributed by atoms with van der Waals surface area (Å²) < 4.78 is 0. The van der Waals surface area contributed by atoms with E-state index in [4.69, 9.17) is 4.98 Å². The van der Waals surface area contributed by atoms with E-state index in [1.54, 1.807) is 11.3 Å². The summed E-state index contributed by atoms with van der Waals surface area (Å²) in [5.41, 5.74) is 2.26. The summed E-state index contributed by atoms with van der Waals surface area (Å²) in [5.74, 6) is 2.46. The molecule has 1 amide bonds. The van der Waals surface area contributed by atoms with Gasteiger partial charge in [-0.3, -0.25) is 4.79 Å². The zero-order chi connectivity index (χ0) is 17.8. The van der Waals surface area contributed by atoms with Gasteiger partial charge in [0.1, 0.15) is 11.6 Å². The van der Waals surface area contributed by atoms with Crippen LogP contribution in [-0.2, 0) is 11.2 Å². The molecule has 0 unspecified atom stereocenters. The Labute approximate surface area is 153 Å². The first-order valence-electron chi connectivity index (χ1n) is 8.92. The smallest absolute Gasteiger partial charge is 0.223 e. The topological polar surface area (TPSA) is 49.3 Å². The molecule has 2 aromatic rings. The first-order valence-corrected chi connectivity index (χ1v) is 9.86. The van der Waals surface area contributed by atoms with E-state index >= 15 is 0 Å². The van der Waals surface area contributed by atoms with E-state index in [-0.39, 0.29) is 5.91 Å². The van der Waals surface area contributed by atoms with Crippen LogP contribution in [0.4, 0.5) is 5.82 Å². The van der Waals surface area contributed by atoms with Crippen molar-refractivity contribution in [2.24, 2.45) is 0 Å². The second kappa shape index (κ2) is 7.95. The molecule has 0 aliphatic carbocycles. The SMILES string of the molecule is Cc1cc(N2CCN(C(=O)CCc3ccsc3)CC2)nc(C(C)C)n1. The van der Waals surface area contributed by atoms with Gasteiger partial charge >= 0.3 is 0 Å². The third-order valence-electron chi connectivity index (χ3n) is 4.54.